The van der Waals surface area contributed by atoms with E-state index >= 15 is 0 Å². The molecular weight excluding hydrogens is 393 g/mol. The Hall–Kier alpha value is -2.59. The first-order chi connectivity index (χ1) is 13.4. The predicted molar refractivity (Wildman–Crippen MR) is 91.2 cm³/mol. The van der Waals surface area contributed by atoms with Crippen molar-refractivity contribution in [1.82, 2.24) is 5.48 Å². The molecule has 4 rings (SSSR count). The molecule has 2 heterocycles. The molecule has 2 saturated heterocycles. The number of alkyl halides is 3. The van der Waals surface area contributed by atoms with E-state index in [2.05, 4.69) is 5.48 Å². The van der Waals surface area contributed by atoms with Gasteiger partial charge in [0.05, 0.1) is 11.3 Å². The molecule has 29 heavy (non-hydrogen) atoms. The van der Waals surface area contributed by atoms with Crippen LogP contribution in [-0.2, 0) is 30.2 Å². The Labute approximate surface area is 163 Å². The van der Waals surface area contributed by atoms with Crippen molar-refractivity contribution in [3.05, 3.63) is 29.8 Å². The van der Waals surface area contributed by atoms with Gasteiger partial charge in [-0.3, -0.25) is 24.0 Å². The topological polar surface area (TPSA) is 92.8 Å². The van der Waals surface area contributed by atoms with Crippen LogP contribution in [0.4, 0.5) is 18.9 Å². The zero-order chi connectivity index (χ0) is 21.4. The van der Waals surface area contributed by atoms with E-state index in [-0.39, 0.29) is 18.5 Å². The van der Waals surface area contributed by atoms with Crippen LogP contribution >= 0.6 is 0 Å². The van der Waals surface area contributed by atoms with Gasteiger partial charge in [-0.05, 0) is 23.6 Å². The molecule has 1 N–H and O–H groups in total. The summed E-state index contributed by atoms with van der Waals surface area (Å²) in [5.41, 5.74) is -1.60. The zero-order valence-corrected chi connectivity index (χ0v) is 15.5. The summed E-state index contributed by atoms with van der Waals surface area (Å²) in [7, 11) is 0. The minimum absolute atomic E-state index is 0.0106. The number of anilines is 1. The molecule has 154 valence electrons. The van der Waals surface area contributed by atoms with Gasteiger partial charge >= 0.3 is 6.18 Å². The van der Waals surface area contributed by atoms with Crippen molar-refractivity contribution in [1.29, 1.82) is 0 Å². The third-order valence-electron chi connectivity index (χ3n) is 5.66. The molecule has 2 amide bonds. The smallest absolute Gasteiger partial charge is 0.297 e. The number of fused-ring (bicyclic) bond motifs is 2. The van der Waals surface area contributed by atoms with Gasteiger partial charge < -0.3 is 0 Å². The SMILES string of the molecule is CC1(C)CC(=O)C2(NO[C@@H]3C(=O)N(c4cccc(C(F)(F)F)c4)C(=O)[C@H]32)C(=O)C1. The van der Waals surface area contributed by atoms with Gasteiger partial charge in [-0.15, -0.1) is 0 Å². The summed E-state index contributed by atoms with van der Waals surface area (Å²) in [6.45, 7) is 3.47. The standard InChI is InChI=1S/C19H17F3N2O5/c1-17(2)7-11(25)18(12(26)8-17)13-14(29-23-18)16(28)24(15(13)27)10-5-3-4-9(6-10)19(20,21)22/h3-6,13-14,23H,7-8H2,1-2H3/t13-,14-/m0/s1. The molecule has 7 nitrogen and oxygen atoms in total. The highest BCUT2D eigenvalue weighted by Gasteiger charge is 2.71. The molecule has 2 atom stereocenters. The third-order valence-corrected chi connectivity index (χ3v) is 5.66. The molecule has 3 aliphatic rings. The van der Waals surface area contributed by atoms with Crippen LogP contribution in [0.25, 0.3) is 0 Å². The van der Waals surface area contributed by atoms with Crippen molar-refractivity contribution >= 4 is 29.1 Å². The monoisotopic (exact) mass is 410 g/mol. The van der Waals surface area contributed by atoms with Gasteiger partial charge in [0.25, 0.3) is 5.91 Å². The van der Waals surface area contributed by atoms with Crippen LogP contribution in [-0.4, -0.2) is 35.0 Å². The van der Waals surface area contributed by atoms with Crippen molar-refractivity contribution in [3.8, 4) is 0 Å². The average Bonchev–Trinajstić information content (AvgIpc) is 3.10. The van der Waals surface area contributed by atoms with E-state index < -0.39 is 58.1 Å². The highest BCUT2D eigenvalue weighted by Crippen LogP contribution is 2.47. The third kappa shape index (κ3) is 2.73. The highest BCUT2D eigenvalue weighted by molar-refractivity contribution is 6.29. The van der Waals surface area contributed by atoms with Gasteiger partial charge in [0.1, 0.15) is 5.92 Å². The number of halogens is 3. The molecule has 1 aliphatic carbocycles. The minimum Gasteiger partial charge on any atom is -0.297 e. The molecule has 1 saturated carbocycles. The maximum absolute atomic E-state index is 13.1. The quantitative estimate of drug-likeness (QED) is 0.561. The van der Waals surface area contributed by atoms with E-state index in [0.29, 0.717) is 11.0 Å². The van der Waals surface area contributed by atoms with Crippen molar-refractivity contribution < 1.29 is 37.2 Å². The molecule has 0 bridgehead atoms. The molecule has 1 spiro atoms. The first-order valence-corrected chi connectivity index (χ1v) is 8.93. The van der Waals surface area contributed by atoms with E-state index in [1.54, 1.807) is 13.8 Å². The Balaban J connectivity index is 1.74. The average molecular weight is 410 g/mol. The number of rotatable bonds is 1. The largest absolute Gasteiger partial charge is 0.416 e. The van der Waals surface area contributed by atoms with Crippen molar-refractivity contribution in [2.45, 2.75) is 44.5 Å². The highest BCUT2D eigenvalue weighted by atomic mass is 19.4. The second kappa shape index (κ2) is 5.96. The maximum atomic E-state index is 13.1. The number of Topliss-reactive ketones (excluding diaryl/α,β-unsaturated/α-hetero) is 2. The van der Waals surface area contributed by atoms with Crippen molar-refractivity contribution in [2.75, 3.05) is 4.90 Å². The fourth-order valence-corrected chi connectivity index (χ4v) is 4.30. The molecule has 1 aromatic carbocycles. The molecule has 2 aliphatic heterocycles. The lowest BCUT2D eigenvalue weighted by Crippen LogP contribution is -2.64. The van der Waals surface area contributed by atoms with Crippen LogP contribution in [0.3, 0.4) is 0 Å². The van der Waals surface area contributed by atoms with E-state index in [0.717, 1.165) is 12.1 Å². The Morgan fingerprint density at radius 3 is 2.28 bits per heavy atom. The summed E-state index contributed by atoms with van der Waals surface area (Å²) in [6.07, 6.45) is -6.16. The summed E-state index contributed by atoms with van der Waals surface area (Å²) in [6, 6.07) is 3.73. The van der Waals surface area contributed by atoms with Crippen molar-refractivity contribution in [2.24, 2.45) is 11.3 Å². The molecule has 0 unspecified atom stereocenters. The summed E-state index contributed by atoms with van der Waals surface area (Å²) in [5.74, 6) is -4.46. The molecular formula is C19H17F3N2O5. The fraction of sp³-hybridized carbons (Fsp3) is 0.474. The number of hydroxylamine groups is 1. The van der Waals surface area contributed by atoms with E-state index in [9.17, 15) is 32.3 Å². The number of hydrogen-bond acceptors (Lipinski definition) is 6. The van der Waals surface area contributed by atoms with Crippen LogP contribution in [0.5, 0.6) is 0 Å². The van der Waals surface area contributed by atoms with Gasteiger partial charge in [0, 0.05) is 12.8 Å². The molecule has 0 radical (unpaired) electrons. The number of carbonyl (C=O) groups excluding carboxylic acids is 4. The second-order valence-electron chi connectivity index (χ2n) is 8.35. The summed E-state index contributed by atoms with van der Waals surface area (Å²) < 4.78 is 39.1. The van der Waals surface area contributed by atoms with Crippen LogP contribution in [0.2, 0.25) is 0 Å². The number of carbonyl (C=O) groups is 4. The Morgan fingerprint density at radius 1 is 1.07 bits per heavy atom. The molecule has 1 aromatic rings. The van der Waals surface area contributed by atoms with Crippen LogP contribution in [0.1, 0.15) is 32.3 Å². The molecule has 0 aromatic heterocycles. The van der Waals surface area contributed by atoms with Gasteiger partial charge in [-0.25, -0.2) is 4.90 Å². The summed E-state index contributed by atoms with van der Waals surface area (Å²) >= 11 is 0. The van der Waals surface area contributed by atoms with Crippen LogP contribution in [0.15, 0.2) is 24.3 Å². The van der Waals surface area contributed by atoms with Gasteiger partial charge in [0.2, 0.25) is 5.91 Å². The first-order valence-electron chi connectivity index (χ1n) is 8.93. The minimum atomic E-state index is -4.67. The number of ketones is 2. The van der Waals surface area contributed by atoms with Crippen LogP contribution in [0, 0.1) is 11.3 Å². The normalized spacial score (nSPS) is 28.4. The summed E-state index contributed by atoms with van der Waals surface area (Å²) in [4.78, 5) is 57.3. The van der Waals surface area contributed by atoms with Gasteiger partial charge in [0.15, 0.2) is 23.2 Å². The molecule has 10 heteroatoms. The lowest BCUT2D eigenvalue weighted by molar-refractivity contribution is -0.150. The van der Waals surface area contributed by atoms with E-state index in [1.165, 1.54) is 6.07 Å². The zero-order valence-electron chi connectivity index (χ0n) is 15.5. The Kier molecular flexibility index (Phi) is 4.05. The maximum Gasteiger partial charge on any atom is 0.416 e. The number of nitrogens with one attached hydrogen (secondary N) is 1. The first kappa shape index (κ1) is 19.7. The fourth-order valence-electron chi connectivity index (χ4n) is 4.30. The lowest BCUT2D eigenvalue weighted by Gasteiger charge is -2.39. The Morgan fingerprint density at radius 2 is 1.69 bits per heavy atom. The number of amides is 2. The van der Waals surface area contributed by atoms with E-state index in [1.807, 2.05) is 0 Å². The number of imide groups is 1. The second-order valence-corrected chi connectivity index (χ2v) is 8.35. The number of benzene rings is 1. The Bertz CT molecular complexity index is 935. The van der Waals surface area contributed by atoms with Crippen molar-refractivity contribution in [3.63, 3.8) is 0 Å². The van der Waals surface area contributed by atoms with Gasteiger partial charge in [-0.1, -0.05) is 19.9 Å². The predicted octanol–water partition coefficient (Wildman–Crippen LogP) is 1.80. The van der Waals surface area contributed by atoms with Gasteiger partial charge in [-0.2, -0.15) is 18.7 Å². The van der Waals surface area contributed by atoms with E-state index in [4.69, 9.17) is 4.84 Å². The summed E-state index contributed by atoms with van der Waals surface area (Å²) in [5, 5.41) is 0. The number of nitrogens with zero attached hydrogens (tertiary/aromatic N) is 1. The van der Waals surface area contributed by atoms with Crippen LogP contribution < -0.4 is 10.4 Å². The number of hydrogen-bond donors (Lipinski definition) is 1. The lowest BCUT2D eigenvalue weighted by atomic mass is 9.63. The molecule has 3 fully saturated rings.